The fraction of sp³-hybridized carbons (Fsp3) is 0.500. The first-order chi connectivity index (χ1) is 12.2. The van der Waals surface area contributed by atoms with Gasteiger partial charge in [-0.25, -0.2) is 0 Å². The number of benzene rings is 1. The molecule has 134 valence electrons. The number of carbonyl (C=O) groups is 2. The molecule has 2 aliphatic rings. The number of rotatable bonds is 4. The molecule has 1 heterocycles. The predicted octanol–water partition coefficient (Wildman–Crippen LogP) is 3.23. The van der Waals surface area contributed by atoms with Gasteiger partial charge in [0, 0.05) is 13.1 Å². The molecule has 5 heteroatoms. The number of nitrogens with one attached hydrogen (secondary N) is 1. The van der Waals surface area contributed by atoms with Gasteiger partial charge in [-0.3, -0.25) is 9.59 Å². The zero-order valence-corrected chi connectivity index (χ0v) is 14.7. The highest BCUT2D eigenvalue weighted by Gasteiger charge is 2.36. The number of nitrogens with zero attached hydrogens (tertiary/aromatic N) is 1. The average Bonchev–Trinajstić information content (AvgIpc) is 2.68. The van der Waals surface area contributed by atoms with Crippen LogP contribution in [0.15, 0.2) is 36.4 Å². The number of methoxy groups -OCH3 is 1. The molecular formula is C20H26N2O3. The van der Waals surface area contributed by atoms with Gasteiger partial charge in [0.2, 0.25) is 11.8 Å². The Hall–Kier alpha value is -2.30. The van der Waals surface area contributed by atoms with Crippen LogP contribution >= 0.6 is 0 Å². The van der Waals surface area contributed by atoms with Crippen LogP contribution in [-0.2, 0) is 9.59 Å². The van der Waals surface area contributed by atoms with Gasteiger partial charge in [0.05, 0.1) is 24.6 Å². The topological polar surface area (TPSA) is 58.6 Å². The van der Waals surface area contributed by atoms with Crippen LogP contribution in [0.4, 0.5) is 5.69 Å². The Bertz CT molecular complexity index is 650. The van der Waals surface area contributed by atoms with Gasteiger partial charge in [-0.1, -0.05) is 24.3 Å². The summed E-state index contributed by atoms with van der Waals surface area (Å²) in [5, 5.41) is 2.95. The molecule has 2 amide bonds. The summed E-state index contributed by atoms with van der Waals surface area (Å²) in [7, 11) is 1.58. The van der Waals surface area contributed by atoms with E-state index in [1.54, 1.807) is 7.11 Å². The number of allylic oxidation sites excluding steroid dienone is 2. The fourth-order valence-electron chi connectivity index (χ4n) is 3.70. The molecule has 1 fully saturated rings. The van der Waals surface area contributed by atoms with Crippen molar-refractivity contribution in [3.8, 4) is 5.75 Å². The highest BCUT2D eigenvalue weighted by atomic mass is 16.5. The van der Waals surface area contributed by atoms with Gasteiger partial charge in [0.25, 0.3) is 0 Å². The van der Waals surface area contributed by atoms with Crippen LogP contribution in [0.3, 0.4) is 0 Å². The number of anilines is 1. The molecule has 1 aliphatic carbocycles. The third-order valence-electron chi connectivity index (χ3n) is 5.12. The van der Waals surface area contributed by atoms with Crippen molar-refractivity contribution in [2.45, 2.75) is 32.1 Å². The molecule has 3 rings (SSSR count). The fourth-order valence-corrected chi connectivity index (χ4v) is 3.70. The van der Waals surface area contributed by atoms with E-state index >= 15 is 0 Å². The van der Waals surface area contributed by atoms with Crippen LogP contribution in [0, 0.1) is 11.8 Å². The molecule has 2 unspecified atom stereocenters. The van der Waals surface area contributed by atoms with Crippen molar-refractivity contribution in [2.75, 3.05) is 25.5 Å². The molecule has 1 saturated heterocycles. The van der Waals surface area contributed by atoms with Gasteiger partial charge in [0.15, 0.2) is 0 Å². The van der Waals surface area contributed by atoms with Crippen molar-refractivity contribution in [3.05, 3.63) is 36.4 Å². The molecule has 0 radical (unpaired) electrons. The van der Waals surface area contributed by atoms with Gasteiger partial charge >= 0.3 is 0 Å². The Morgan fingerprint density at radius 2 is 1.72 bits per heavy atom. The minimum atomic E-state index is -0.329. The number of carbonyl (C=O) groups excluding carboxylic acids is 2. The molecule has 0 bridgehead atoms. The zero-order valence-electron chi connectivity index (χ0n) is 14.7. The number of para-hydroxylation sites is 2. The number of hydrogen-bond donors (Lipinski definition) is 1. The molecule has 5 nitrogen and oxygen atoms in total. The smallest absolute Gasteiger partial charge is 0.228 e. The highest BCUT2D eigenvalue weighted by molar-refractivity contribution is 5.97. The van der Waals surface area contributed by atoms with E-state index in [1.807, 2.05) is 41.3 Å². The monoisotopic (exact) mass is 342 g/mol. The van der Waals surface area contributed by atoms with Gasteiger partial charge in [-0.05, 0) is 44.2 Å². The van der Waals surface area contributed by atoms with Crippen molar-refractivity contribution in [2.24, 2.45) is 11.8 Å². The maximum Gasteiger partial charge on any atom is 0.228 e. The summed E-state index contributed by atoms with van der Waals surface area (Å²) in [6, 6.07) is 7.35. The lowest BCUT2D eigenvalue weighted by Crippen LogP contribution is -2.45. The Labute approximate surface area is 149 Å². The lowest BCUT2D eigenvalue weighted by molar-refractivity contribution is -0.141. The van der Waals surface area contributed by atoms with Crippen molar-refractivity contribution < 1.29 is 14.3 Å². The maximum absolute atomic E-state index is 12.9. The van der Waals surface area contributed by atoms with E-state index in [1.165, 1.54) is 6.42 Å². The zero-order chi connectivity index (χ0) is 17.6. The van der Waals surface area contributed by atoms with Gasteiger partial charge in [-0.2, -0.15) is 0 Å². The minimum absolute atomic E-state index is 0.107. The molecule has 1 aromatic rings. The summed E-state index contributed by atoms with van der Waals surface area (Å²) in [6.07, 6.45) is 8.58. The molecule has 0 spiro atoms. The van der Waals surface area contributed by atoms with E-state index in [0.717, 1.165) is 25.9 Å². The first-order valence-electron chi connectivity index (χ1n) is 9.08. The quantitative estimate of drug-likeness (QED) is 0.855. The number of hydrogen-bond acceptors (Lipinski definition) is 3. The van der Waals surface area contributed by atoms with Crippen LogP contribution in [-0.4, -0.2) is 36.9 Å². The minimum Gasteiger partial charge on any atom is -0.495 e. The Kier molecular flexibility index (Phi) is 5.74. The molecule has 25 heavy (non-hydrogen) atoms. The number of piperidine rings is 1. The van der Waals surface area contributed by atoms with E-state index in [-0.39, 0.29) is 23.7 Å². The predicted molar refractivity (Wildman–Crippen MR) is 97.4 cm³/mol. The lowest BCUT2D eigenvalue weighted by Gasteiger charge is -2.34. The van der Waals surface area contributed by atoms with E-state index < -0.39 is 0 Å². The largest absolute Gasteiger partial charge is 0.495 e. The van der Waals surface area contributed by atoms with E-state index in [4.69, 9.17) is 4.74 Å². The standard InChI is InChI=1S/C20H26N2O3/c1-25-18-12-6-5-11-17(18)21-19(23)15-9-3-4-10-16(15)20(24)22-13-7-2-8-14-22/h3-6,11-12,15-16H,2,7-10,13-14H2,1H3,(H,21,23). The number of likely N-dealkylation sites (tertiary alicyclic amines) is 1. The van der Waals surface area contributed by atoms with Crippen molar-refractivity contribution in [1.29, 1.82) is 0 Å². The molecule has 0 saturated carbocycles. The Morgan fingerprint density at radius 3 is 2.44 bits per heavy atom. The normalized spacial score (nSPS) is 23.2. The number of amides is 2. The molecular weight excluding hydrogens is 316 g/mol. The van der Waals surface area contributed by atoms with Crippen LogP contribution in [0.2, 0.25) is 0 Å². The summed E-state index contributed by atoms with van der Waals surface area (Å²) in [5.41, 5.74) is 0.647. The SMILES string of the molecule is COc1ccccc1NC(=O)C1CC=CCC1C(=O)N1CCCCC1. The van der Waals surface area contributed by atoms with E-state index in [9.17, 15) is 9.59 Å². The third-order valence-corrected chi connectivity index (χ3v) is 5.12. The Balaban J connectivity index is 1.72. The van der Waals surface area contributed by atoms with Crippen LogP contribution < -0.4 is 10.1 Å². The van der Waals surface area contributed by atoms with Crippen LogP contribution in [0.5, 0.6) is 5.75 Å². The molecule has 0 aromatic heterocycles. The molecule has 1 N–H and O–H groups in total. The highest BCUT2D eigenvalue weighted by Crippen LogP contribution is 2.31. The van der Waals surface area contributed by atoms with Crippen molar-refractivity contribution in [3.63, 3.8) is 0 Å². The summed E-state index contributed by atoms with van der Waals surface area (Å²) in [5.74, 6) is 0.0525. The maximum atomic E-state index is 12.9. The van der Waals surface area contributed by atoms with Crippen LogP contribution in [0.1, 0.15) is 32.1 Å². The lowest BCUT2D eigenvalue weighted by atomic mass is 9.81. The van der Waals surface area contributed by atoms with Gasteiger partial charge in [-0.15, -0.1) is 0 Å². The second-order valence-electron chi connectivity index (χ2n) is 6.73. The molecule has 1 aromatic carbocycles. The summed E-state index contributed by atoms with van der Waals surface area (Å²) in [6.45, 7) is 1.64. The first kappa shape index (κ1) is 17.5. The second kappa shape index (κ2) is 8.19. The average molecular weight is 342 g/mol. The van der Waals surface area contributed by atoms with Gasteiger partial charge < -0.3 is 15.0 Å². The first-order valence-corrected chi connectivity index (χ1v) is 9.08. The molecule has 1 aliphatic heterocycles. The Morgan fingerprint density at radius 1 is 1.04 bits per heavy atom. The summed E-state index contributed by atoms with van der Waals surface area (Å²) in [4.78, 5) is 27.7. The van der Waals surface area contributed by atoms with Crippen molar-refractivity contribution in [1.82, 2.24) is 4.90 Å². The number of ether oxygens (including phenoxy) is 1. The van der Waals surface area contributed by atoms with E-state index in [0.29, 0.717) is 24.3 Å². The summed E-state index contributed by atoms with van der Waals surface area (Å²) >= 11 is 0. The summed E-state index contributed by atoms with van der Waals surface area (Å²) < 4.78 is 5.30. The van der Waals surface area contributed by atoms with Gasteiger partial charge in [0.1, 0.15) is 5.75 Å². The second-order valence-corrected chi connectivity index (χ2v) is 6.73. The van der Waals surface area contributed by atoms with Crippen molar-refractivity contribution >= 4 is 17.5 Å². The molecule has 2 atom stereocenters. The van der Waals surface area contributed by atoms with E-state index in [2.05, 4.69) is 5.32 Å². The third kappa shape index (κ3) is 4.03. The van der Waals surface area contributed by atoms with Crippen LogP contribution in [0.25, 0.3) is 0 Å².